The molecule has 0 aliphatic carbocycles. The zero-order valence-corrected chi connectivity index (χ0v) is 12.0. The fourth-order valence-electron chi connectivity index (χ4n) is 1.13. The van der Waals surface area contributed by atoms with Crippen molar-refractivity contribution in [2.75, 3.05) is 13.7 Å². The number of nitrogens with zero attached hydrogens (tertiary/aromatic N) is 1. The Labute approximate surface area is 120 Å². The summed E-state index contributed by atoms with van der Waals surface area (Å²) in [6.45, 7) is 1.64. The molecule has 0 unspecified atom stereocenters. The van der Waals surface area contributed by atoms with Gasteiger partial charge in [0.25, 0.3) is 0 Å². The first-order chi connectivity index (χ1) is 8.78. The minimum Gasteiger partial charge on any atom is -0.480 e. The molecule has 0 bridgehead atoms. The van der Waals surface area contributed by atoms with Crippen LogP contribution in [0.3, 0.4) is 0 Å². The predicted octanol–water partition coefficient (Wildman–Crippen LogP) is 2.77. The van der Waals surface area contributed by atoms with E-state index in [1.165, 1.54) is 7.11 Å². The standard InChI is InChI=1S/C10H9F3INO4/c1-3-18-9(16)5-4-6(19-10(11,12)13)7(14)8(15-5)17-2/h4H,3H2,1-2H3. The Bertz CT molecular complexity index is 479. The maximum absolute atomic E-state index is 12.2. The molecule has 0 saturated heterocycles. The molecule has 1 aromatic heterocycles. The van der Waals surface area contributed by atoms with Crippen LogP contribution in [0.2, 0.25) is 0 Å². The number of aromatic nitrogens is 1. The first-order valence-corrected chi connectivity index (χ1v) is 6.03. The number of carbonyl (C=O) groups is 1. The van der Waals surface area contributed by atoms with Crippen molar-refractivity contribution in [3.63, 3.8) is 0 Å². The molecular formula is C10H9F3INO4. The van der Waals surface area contributed by atoms with Crippen LogP contribution in [-0.4, -0.2) is 31.0 Å². The molecule has 0 amide bonds. The summed E-state index contributed by atoms with van der Waals surface area (Å²) in [6.07, 6.45) is -4.88. The molecule has 1 heterocycles. The van der Waals surface area contributed by atoms with Crippen LogP contribution in [0.15, 0.2) is 6.07 Å². The third-order valence-corrected chi connectivity index (χ3v) is 2.79. The maximum atomic E-state index is 12.2. The second-order valence-electron chi connectivity index (χ2n) is 3.10. The highest BCUT2D eigenvalue weighted by Gasteiger charge is 2.33. The van der Waals surface area contributed by atoms with Crippen molar-refractivity contribution in [1.29, 1.82) is 0 Å². The van der Waals surface area contributed by atoms with E-state index in [2.05, 4.69) is 14.5 Å². The van der Waals surface area contributed by atoms with Crippen molar-refractivity contribution < 1.29 is 32.2 Å². The minimum atomic E-state index is -4.88. The minimum absolute atomic E-state index is 0.00507. The number of hydrogen-bond acceptors (Lipinski definition) is 5. The van der Waals surface area contributed by atoms with Gasteiger partial charge in [0.05, 0.1) is 13.7 Å². The first kappa shape index (κ1) is 15.8. The van der Waals surface area contributed by atoms with Crippen molar-refractivity contribution in [2.45, 2.75) is 13.3 Å². The molecule has 19 heavy (non-hydrogen) atoms. The van der Waals surface area contributed by atoms with Gasteiger partial charge in [-0.1, -0.05) is 0 Å². The van der Waals surface area contributed by atoms with Gasteiger partial charge >= 0.3 is 12.3 Å². The molecule has 0 radical (unpaired) electrons. The second kappa shape index (κ2) is 6.26. The molecule has 0 aliphatic heterocycles. The van der Waals surface area contributed by atoms with Crippen molar-refractivity contribution >= 4 is 28.6 Å². The highest BCUT2D eigenvalue weighted by Crippen LogP contribution is 2.33. The summed E-state index contributed by atoms with van der Waals surface area (Å²) >= 11 is 1.58. The van der Waals surface area contributed by atoms with E-state index in [9.17, 15) is 18.0 Å². The number of alkyl halides is 3. The Morgan fingerprint density at radius 1 is 1.47 bits per heavy atom. The van der Waals surface area contributed by atoms with Gasteiger partial charge < -0.3 is 14.2 Å². The molecular weight excluding hydrogens is 382 g/mol. The van der Waals surface area contributed by atoms with Crippen molar-refractivity contribution in [1.82, 2.24) is 4.98 Å². The van der Waals surface area contributed by atoms with Gasteiger partial charge in [0.15, 0.2) is 11.4 Å². The van der Waals surface area contributed by atoms with Crippen LogP contribution in [0.4, 0.5) is 13.2 Å². The van der Waals surface area contributed by atoms with Crippen molar-refractivity contribution in [2.24, 2.45) is 0 Å². The Balaban J connectivity index is 3.22. The van der Waals surface area contributed by atoms with Crippen LogP contribution in [0.5, 0.6) is 11.6 Å². The lowest BCUT2D eigenvalue weighted by atomic mass is 10.3. The molecule has 1 aromatic rings. The van der Waals surface area contributed by atoms with Crippen LogP contribution in [0, 0.1) is 3.57 Å². The number of hydrogen-bond donors (Lipinski definition) is 0. The van der Waals surface area contributed by atoms with Crippen LogP contribution >= 0.6 is 22.6 Å². The zero-order valence-electron chi connectivity index (χ0n) is 9.88. The smallest absolute Gasteiger partial charge is 0.480 e. The highest BCUT2D eigenvalue weighted by molar-refractivity contribution is 14.1. The Morgan fingerprint density at radius 3 is 2.58 bits per heavy atom. The van der Waals surface area contributed by atoms with Crippen LogP contribution in [-0.2, 0) is 4.74 Å². The quantitative estimate of drug-likeness (QED) is 0.584. The molecule has 1 rings (SSSR count). The Kier molecular flexibility index (Phi) is 5.20. The fraction of sp³-hybridized carbons (Fsp3) is 0.400. The molecule has 0 fully saturated rings. The number of methoxy groups -OCH3 is 1. The monoisotopic (exact) mass is 391 g/mol. The van der Waals surface area contributed by atoms with Gasteiger partial charge in [0.1, 0.15) is 3.57 Å². The summed E-state index contributed by atoms with van der Waals surface area (Å²) in [7, 11) is 1.22. The first-order valence-electron chi connectivity index (χ1n) is 4.96. The van der Waals surface area contributed by atoms with E-state index in [1.54, 1.807) is 29.5 Å². The second-order valence-corrected chi connectivity index (χ2v) is 4.18. The van der Waals surface area contributed by atoms with E-state index in [0.717, 1.165) is 6.07 Å². The summed E-state index contributed by atoms with van der Waals surface area (Å²) in [5.41, 5.74) is -0.321. The number of rotatable bonds is 4. The van der Waals surface area contributed by atoms with Gasteiger partial charge in [0.2, 0.25) is 5.88 Å². The number of ether oxygens (including phenoxy) is 3. The van der Waals surface area contributed by atoms with Gasteiger partial charge in [-0.2, -0.15) is 0 Å². The average molecular weight is 391 g/mol. The summed E-state index contributed by atoms with van der Waals surface area (Å²) in [5.74, 6) is -1.57. The zero-order chi connectivity index (χ0) is 14.6. The number of esters is 1. The summed E-state index contributed by atoms with van der Waals surface area (Å²) in [5, 5.41) is 0. The van der Waals surface area contributed by atoms with Gasteiger partial charge in [-0.25, -0.2) is 9.78 Å². The third kappa shape index (κ3) is 4.40. The van der Waals surface area contributed by atoms with E-state index in [-0.39, 0.29) is 21.8 Å². The molecule has 0 aromatic carbocycles. The largest absolute Gasteiger partial charge is 0.573 e. The fourth-order valence-corrected chi connectivity index (χ4v) is 1.73. The molecule has 0 saturated carbocycles. The predicted molar refractivity (Wildman–Crippen MR) is 66.1 cm³/mol. The third-order valence-electron chi connectivity index (χ3n) is 1.80. The molecule has 106 valence electrons. The van der Waals surface area contributed by atoms with Crippen molar-refractivity contribution in [3.05, 3.63) is 15.3 Å². The topological polar surface area (TPSA) is 57.7 Å². The lowest BCUT2D eigenvalue weighted by molar-refractivity contribution is -0.275. The lowest BCUT2D eigenvalue weighted by Gasteiger charge is -2.13. The number of halogens is 4. The van der Waals surface area contributed by atoms with Crippen LogP contribution in [0.1, 0.15) is 17.4 Å². The van der Waals surface area contributed by atoms with E-state index >= 15 is 0 Å². The van der Waals surface area contributed by atoms with Gasteiger partial charge in [-0.05, 0) is 29.5 Å². The van der Waals surface area contributed by atoms with E-state index in [4.69, 9.17) is 4.74 Å². The van der Waals surface area contributed by atoms with Gasteiger partial charge in [0, 0.05) is 6.07 Å². The Hall–Kier alpha value is -1.26. The normalized spacial score (nSPS) is 11.1. The average Bonchev–Trinajstić information content (AvgIpc) is 2.30. The van der Waals surface area contributed by atoms with Gasteiger partial charge in [-0.3, -0.25) is 0 Å². The highest BCUT2D eigenvalue weighted by atomic mass is 127. The molecule has 0 aliphatic rings. The SMILES string of the molecule is CCOC(=O)c1cc(OC(F)(F)F)c(I)c(OC)n1. The molecule has 9 heteroatoms. The van der Waals surface area contributed by atoms with Crippen molar-refractivity contribution in [3.8, 4) is 11.6 Å². The number of carbonyl (C=O) groups excluding carboxylic acids is 1. The maximum Gasteiger partial charge on any atom is 0.573 e. The summed E-state index contributed by atoms with van der Waals surface area (Å²) < 4.78 is 50.0. The van der Waals surface area contributed by atoms with E-state index < -0.39 is 18.1 Å². The summed E-state index contributed by atoms with van der Waals surface area (Å²) in [6, 6.07) is 0.857. The van der Waals surface area contributed by atoms with Crippen LogP contribution < -0.4 is 9.47 Å². The molecule has 0 atom stereocenters. The molecule has 0 N–H and O–H groups in total. The number of pyridine rings is 1. The molecule has 0 spiro atoms. The van der Waals surface area contributed by atoms with E-state index in [1.807, 2.05) is 0 Å². The van der Waals surface area contributed by atoms with Crippen LogP contribution in [0.25, 0.3) is 0 Å². The van der Waals surface area contributed by atoms with E-state index in [0.29, 0.717) is 0 Å². The Morgan fingerprint density at radius 2 is 2.11 bits per heavy atom. The summed E-state index contributed by atoms with van der Waals surface area (Å²) in [4.78, 5) is 15.2. The van der Waals surface area contributed by atoms with Gasteiger partial charge in [-0.15, -0.1) is 13.2 Å². The molecule has 5 nitrogen and oxygen atoms in total. The lowest BCUT2D eigenvalue weighted by Crippen LogP contribution is -2.19.